The van der Waals surface area contributed by atoms with Crippen LogP contribution in [0.4, 0.5) is 0 Å². The highest BCUT2D eigenvalue weighted by Gasteiger charge is 2.21. The lowest BCUT2D eigenvalue weighted by Gasteiger charge is -2.34. The molecule has 0 spiro atoms. The van der Waals surface area contributed by atoms with Crippen molar-refractivity contribution in [1.82, 2.24) is 15.1 Å². The molecule has 0 radical (unpaired) electrons. The van der Waals surface area contributed by atoms with Crippen LogP contribution in [-0.2, 0) is 4.79 Å². The van der Waals surface area contributed by atoms with E-state index in [2.05, 4.69) is 10.2 Å². The molecule has 1 saturated heterocycles. The molecule has 1 aliphatic heterocycles. The van der Waals surface area contributed by atoms with E-state index in [0.717, 1.165) is 30.8 Å². The average Bonchev–Trinajstić information content (AvgIpc) is 2.74. The number of hydrogen-bond donors (Lipinski definition) is 1. The molecule has 2 aromatic rings. The van der Waals surface area contributed by atoms with Gasteiger partial charge in [-0.2, -0.15) is 0 Å². The van der Waals surface area contributed by atoms with Crippen LogP contribution in [0.25, 0.3) is 0 Å². The van der Waals surface area contributed by atoms with Crippen molar-refractivity contribution in [1.29, 1.82) is 0 Å². The Balaban J connectivity index is 1.31. The standard InChI is InChI=1S/C22H27N3O3/c1-18-7-9-20(10-8-18)28-17-21(26)23-11-12-24-13-15-25(16-14-24)22(27)19-5-3-2-4-6-19/h2-10H,11-17H2,1H3,(H,23,26). The van der Waals surface area contributed by atoms with Crippen LogP contribution in [0.15, 0.2) is 54.6 Å². The van der Waals surface area contributed by atoms with Crippen LogP contribution in [0.1, 0.15) is 15.9 Å². The maximum atomic E-state index is 12.5. The summed E-state index contributed by atoms with van der Waals surface area (Å²) in [5.41, 5.74) is 1.89. The van der Waals surface area contributed by atoms with Crippen molar-refractivity contribution in [2.75, 3.05) is 45.9 Å². The second-order valence-corrected chi connectivity index (χ2v) is 6.95. The number of benzene rings is 2. The van der Waals surface area contributed by atoms with Crippen LogP contribution in [0.5, 0.6) is 5.75 Å². The third kappa shape index (κ3) is 5.82. The van der Waals surface area contributed by atoms with E-state index in [4.69, 9.17) is 4.74 Å². The molecule has 3 rings (SSSR count). The van der Waals surface area contributed by atoms with E-state index in [-0.39, 0.29) is 18.4 Å². The van der Waals surface area contributed by atoms with Crippen LogP contribution in [0.2, 0.25) is 0 Å². The summed E-state index contributed by atoms with van der Waals surface area (Å²) in [5.74, 6) is 0.653. The number of aryl methyl sites for hydroxylation is 1. The van der Waals surface area contributed by atoms with Gasteiger partial charge < -0.3 is 15.0 Å². The fourth-order valence-corrected chi connectivity index (χ4v) is 3.13. The van der Waals surface area contributed by atoms with Gasteiger partial charge in [-0.1, -0.05) is 35.9 Å². The molecule has 2 aromatic carbocycles. The van der Waals surface area contributed by atoms with E-state index in [1.807, 2.05) is 66.4 Å². The topological polar surface area (TPSA) is 61.9 Å². The first kappa shape index (κ1) is 19.9. The summed E-state index contributed by atoms with van der Waals surface area (Å²) in [4.78, 5) is 28.5. The predicted molar refractivity (Wildman–Crippen MR) is 108 cm³/mol. The molecule has 1 fully saturated rings. The highest BCUT2D eigenvalue weighted by Crippen LogP contribution is 2.11. The van der Waals surface area contributed by atoms with Crippen LogP contribution in [0.3, 0.4) is 0 Å². The number of piperazine rings is 1. The summed E-state index contributed by atoms with van der Waals surface area (Å²) in [6.07, 6.45) is 0. The van der Waals surface area contributed by atoms with Gasteiger partial charge in [0.05, 0.1) is 0 Å². The molecule has 6 nitrogen and oxygen atoms in total. The molecular weight excluding hydrogens is 354 g/mol. The molecule has 1 heterocycles. The Morgan fingerprint density at radius 1 is 0.964 bits per heavy atom. The van der Waals surface area contributed by atoms with E-state index in [1.54, 1.807) is 0 Å². The monoisotopic (exact) mass is 381 g/mol. The number of amides is 2. The molecular formula is C22H27N3O3. The number of hydrogen-bond acceptors (Lipinski definition) is 4. The smallest absolute Gasteiger partial charge is 0.257 e. The van der Waals surface area contributed by atoms with Gasteiger partial charge >= 0.3 is 0 Å². The molecule has 6 heteroatoms. The quantitative estimate of drug-likeness (QED) is 0.796. The number of nitrogens with one attached hydrogen (secondary N) is 1. The van der Waals surface area contributed by atoms with Gasteiger partial charge in [-0.25, -0.2) is 0 Å². The zero-order valence-corrected chi connectivity index (χ0v) is 16.3. The predicted octanol–water partition coefficient (Wildman–Crippen LogP) is 1.95. The zero-order valence-electron chi connectivity index (χ0n) is 16.3. The zero-order chi connectivity index (χ0) is 19.8. The number of carbonyl (C=O) groups excluding carboxylic acids is 2. The number of nitrogens with zero attached hydrogens (tertiary/aromatic N) is 2. The minimum absolute atomic E-state index is 0.0163. The normalized spacial score (nSPS) is 14.5. The van der Waals surface area contributed by atoms with E-state index in [9.17, 15) is 9.59 Å². The largest absolute Gasteiger partial charge is 0.484 e. The van der Waals surface area contributed by atoms with E-state index >= 15 is 0 Å². The highest BCUT2D eigenvalue weighted by molar-refractivity contribution is 5.94. The van der Waals surface area contributed by atoms with Crippen LogP contribution in [-0.4, -0.2) is 67.5 Å². The van der Waals surface area contributed by atoms with Crippen molar-refractivity contribution < 1.29 is 14.3 Å². The molecule has 1 N–H and O–H groups in total. The van der Waals surface area contributed by atoms with Gasteiger partial charge in [0.15, 0.2) is 6.61 Å². The lowest BCUT2D eigenvalue weighted by Crippen LogP contribution is -2.50. The summed E-state index contributed by atoms with van der Waals surface area (Å²) in [5, 5.41) is 2.89. The first-order chi connectivity index (χ1) is 13.6. The van der Waals surface area contributed by atoms with Gasteiger partial charge in [0.2, 0.25) is 0 Å². The maximum Gasteiger partial charge on any atom is 0.257 e. The first-order valence-corrected chi connectivity index (χ1v) is 9.64. The number of ether oxygens (including phenoxy) is 1. The van der Waals surface area contributed by atoms with E-state index in [1.165, 1.54) is 0 Å². The van der Waals surface area contributed by atoms with Crippen LogP contribution < -0.4 is 10.1 Å². The lowest BCUT2D eigenvalue weighted by molar-refractivity contribution is -0.123. The van der Waals surface area contributed by atoms with Gasteiger partial charge in [0, 0.05) is 44.8 Å². The molecule has 0 unspecified atom stereocenters. The first-order valence-electron chi connectivity index (χ1n) is 9.64. The van der Waals surface area contributed by atoms with Gasteiger partial charge in [0.1, 0.15) is 5.75 Å². The highest BCUT2D eigenvalue weighted by atomic mass is 16.5. The molecule has 2 amide bonds. The van der Waals surface area contributed by atoms with E-state index < -0.39 is 0 Å². The molecule has 0 aromatic heterocycles. The second kappa shape index (κ2) is 9.90. The molecule has 1 aliphatic rings. The molecule has 0 atom stereocenters. The van der Waals surface area contributed by atoms with Crippen LogP contribution >= 0.6 is 0 Å². The molecule has 0 saturated carbocycles. The summed E-state index contributed by atoms with van der Waals surface area (Å²) >= 11 is 0. The Kier molecular flexibility index (Phi) is 7.03. The summed E-state index contributed by atoms with van der Waals surface area (Å²) in [6, 6.07) is 17.0. The Bertz CT molecular complexity index is 769. The van der Waals surface area contributed by atoms with Gasteiger partial charge in [-0.15, -0.1) is 0 Å². The van der Waals surface area contributed by atoms with Gasteiger partial charge in [0.25, 0.3) is 11.8 Å². The molecule has 0 aliphatic carbocycles. The maximum absolute atomic E-state index is 12.5. The van der Waals surface area contributed by atoms with Gasteiger partial charge in [-0.05, 0) is 31.2 Å². The van der Waals surface area contributed by atoms with E-state index in [0.29, 0.717) is 25.4 Å². The third-order valence-corrected chi connectivity index (χ3v) is 4.82. The van der Waals surface area contributed by atoms with Crippen LogP contribution in [0, 0.1) is 6.92 Å². The minimum Gasteiger partial charge on any atom is -0.484 e. The summed E-state index contributed by atoms with van der Waals surface area (Å²) in [7, 11) is 0. The lowest BCUT2D eigenvalue weighted by atomic mass is 10.2. The SMILES string of the molecule is Cc1ccc(OCC(=O)NCCN2CCN(C(=O)c3ccccc3)CC2)cc1. The van der Waals surface area contributed by atoms with Crippen molar-refractivity contribution in [2.45, 2.75) is 6.92 Å². The fraction of sp³-hybridized carbons (Fsp3) is 0.364. The second-order valence-electron chi connectivity index (χ2n) is 6.95. The van der Waals surface area contributed by atoms with Crippen molar-refractivity contribution in [3.8, 4) is 5.75 Å². The Labute approximate surface area is 166 Å². The van der Waals surface area contributed by atoms with Crippen molar-refractivity contribution in [3.05, 3.63) is 65.7 Å². The average molecular weight is 381 g/mol. The third-order valence-electron chi connectivity index (χ3n) is 4.82. The minimum atomic E-state index is -0.126. The summed E-state index contributed by atoms with van der Waals surface area (Å²) < 4.78 is 5.48. The molecule has 148 valence electrons. The number of rotatable bonds is 7. The Morgan fingerprint density at radius 3 is 2.32 bits per heavy atom. The number of carbonyl (C=O) groups is 2. The van der Waals surface area contributed by atoms with Crippen molar-refractivity contribution in [3.63, 3.8) is 0 Å². The fourth-order valence-electron chi connectivity index (χ4n) is 3.13. The Morgan fingerprint density at radius 2 is 1.64 bits per heavy atom. The Hall–Kier alpha value is -2.86. The molecule has 28 heavy (non-hydrogen) atoms. The van der Waals surface area contributed by atoms with Gasteiger partial charge in [-0.3, -0.25) is 14.5 Å². The van der Waals surface area contributed by atoms with Crippen molar-refractivity contribution in [2.24, 2.45) is 0 Å². The molecule has 0 bridgehead atoms. The van der Waals surface area contributed by atoms with Crippen molar-refractivity contribution >= 4 is 11.8 Å². The summed E-state index contributed by atoms with van der Waals surface area (Å²) in [6.45, 7) is 6.40.